The molecule has 0 aromatic rings. The Morgan fingerprint density at radius 1 is 1.21 bits per heavy atom. The van der Waals surface area contributed by atoms with E-state index in [1.54, 1.807) is 0 Å². The Bertz CT molecular complexity index is 124. The molecule has 84 valence electrons. The van der Waals surface area contributed by atoms with Crippen LogP contribution in [0.3, 0.4) is 0 Å². The van der Waals surface area contributed by atoms with Gasteiger partial charge in [0.25, 0.3) is 0 Å². The van der Waals surface area contributed by atoms with Gasteiger partial charge in [-0.15, -0.1) is 0 Å². The predicted octanol–water partition coefficient (Wildman–Crippen LogP) is 1.57. The van der Waals surface area contributed by atoms with Gasteiger partial charge in [0.1, 0.15) is 0 Å². The normalized spacial score (nSPS) is 21.6. The van der Waals surface area contributed by atoms with Crippen LogP contribution in [0.15, 0.2) is 0 Å². The lowest BCUT2D eigenvalue weighted by molar-refractivity contribution is 0.0508. The Morgan fingerprint density at radius 3 is 2.79 bits per heavy atom. The van der Waals surface area contributed by atoms with Gasteiger partial charge in [0, 0.05) is 19.3 Å². The summed E-state index contributed by atoms with van der Waals surface area (Å²) in [4.78, 5) is 0. The largest absolute Gasteiger partial charge is 0.379 e. The van der Waals surface area contributed by atoms with Crippen LogP contribution in [0.1, 0.15) is 32.6 Å². The molecule has 0 bridgehead atoms. The number of nitrogens with one attached hydrogen (secondary N) is 1. The monoisotopic (exact) mass is 201 g/mol. The maximum Gasteiger partial charge on any atom is 0.0700 e. The molecule has 1 heterocycles. The average Bonchev–Trinajstić information content (AvgIpc) is 2.69. The van der Waals surface area contributed by atoms with Crippen molar-refractivity contribution in [1.82, 2.24) is 5.32 Å². The van der Waals surface area contributed by atoms with E-state index in [1.807, 2.05) is 6.92 Å². The highest BCUT2D eigenvalue weighted by molar-refractivity contribution is 4.73. The third-order valence-corrected chi connectivity index (χ3v) is 2.58. The molecule has 0 spiro atoms. The van der Waals surface area contributed by atoms with Crippen molar-refractivity contribution in [3.05, 3.63) is 0 Å². The zero-order valence-electron chi connectivity index (χ0n) is 9.26. The fourth-order valence-corrected chi connectivity index (χ4v) is 1.80. The van der Waals surface area contributed by atoms with Crippen molar-refractivity contribution in [2.75, 3.05) is 33.0 Å². The number of rotatable bonds is 8. The minimum absolute atomic E-state index is 0.734. The third-order valence-electron chi connectivity index (χ3n) is 2.58. The molecule has 0 saturated carbocycles. The van der Waals surface area contributed by atoms with E-state index in [4.69, 9.17) is 9.47 Å². The molecule has 1 aliphatic heterocycles. The summed E-state index contributed by atoms with van der Waals surface area (Å²) >= 11 is 0. The summed E-state index contributed by atoms with van der Waals surface area (Å²) in [5.74, 6) is 0. The van der Waals surface area contributed by atoms with Crippen molar-refractivity contribution in [2.45, 2.75) is 38.6 Å². The number of ether oxygens (including phenoxy) is 2. The quantitative estimate of drug-likeness (QED) is 0.605. The Hall–Kier alpha value is -0.120. The Balaban J connectivity index is 1.75. The minimum atomic E-state index is 0.734. The fourth-order valence-electron chi connectivity index (χ4n) is 1.80. The molecule has 0 aliphatic carbocycles. The molecular weight excluding hydrogens is 178 g/mol. The van der Waals surface area contributed by atoms with Crippen LogP contribution in [0.25, 0.3) is 0 Å². The van der Waals surface area contributed by atoms with Gasteiger partial charge in [-0.05, 0) is 39.2 Å². The van der Waals surface area contributed by atoms with Crippen molar-refractivity contribution < 1.29 is 9.47 Å². The lowest BCUT2D eigenvalue weighted by Crippen LogP contribution is -2.21. The molecule has 1 atom stereocenters. The molecule has 3 heteroatoms. The van der Waals surface area contributed by atoms with Crippen LogP contribution in [-0.4, -0.2) is 39.0 Å². The average molecular weight is 201 g/mol. The van der Waals surface area contributed by atoms with Gasteiger partial charge in [0.15, 0.2) is 0 Å². The van der Waals surface area contributed by atoms with Crippen LogP contribution in [0.2, 0.25) is 0 Å². The molecule has 1 aliphatic rings. The first kappa shape index (κ1) is 12.0. The van der Waals surface area contributed by atoms with Gasteiger partial charge in [0.05, 0.1) is 13.2 Å². The van der Waals surface area contributed by atoms with Crippen molar-refractivity contribution in [1.29, 1.82) is 0 Å². The number of hydrogen-bond donors (Lipinski definition) is 1. The minimum Gasteiger partial charge on any atom is -0.379 e. The molecular formula is C11H23NO2. The molecule has 1 N–H and O–H groups in total. The van der Waals surface area contributed by atoms with Gasteiger partial charge < -0.3 is 14.8 Å². The molecule has 14 heavy (non-hydrogen) atoms. The molecule has 1 fully saturated rings. The predicted molar refractivity (Wildman–Crippen MR) is 57.6 cm³/mol. The summed E-state index contributed by atoms with van der Waals surface area (Å²) in [6.07, 6.45) is 5.12. The fraction of sp³-hybridized carbons (Fsp3) is 1.00. The summed E-state index contributed by atoms with van der Waals surface area (Å²) in [7, 11) is 0. The van der Waals surface area contributed by atoms with Gasteiger partial charge in [-0.25, -0.2) is 0 Å². The molecule has 0 aromatic carbocycles. The van der Waals surface area contributed by atoms with E-state index < -0.39 is 0 Å². The Morgan fingerprint density at radius 2 is 2.07 bits per heavy atom. The zero-order valence-corrected chi connectivity index (χ0v) is 9.26. The van der Waals surface area contributed by atoms with E-state index in [2.05, 4.69) is 5.32 Å². The van der Waals surface area contributed by atoms with E-state index in [1.165, 1.54) is 32.2 Å². The molecule has 1 unspecified atom stereocenters. The lowest BCUT2D eigenvalue weighted by atomic mass is 10.1. The Labute approximate surface area is 87.2 Å². The second-order valence-corrected chi connectivity index (χ2v) is 3.74. The first-order chi connectivity index (χ1) is 6.93. The summed E-state index contributed by atoms with van der Waals surface area (Å²) in [6, 6.07) is 0.755. The number of hydrogen-bond acceptors (Lipinski definition) is 3. The third kappa shape index (κ3) is 5.58. The second kappa shape index (κ2) is 8.21. The first-order valence-electron chi connectivity index (χ1n) is 5.82. The van der Waals surface area contributed by atoms with Crippen LogP contribution < -0.4 is 5.32 Å². The van der Waals surface area contributed by atoms with Crippen LogP contribution in [0.5, 0.6) is 0 Å². The van der Waals surface area contributed by atoms with Gasteiger partial charge in [0.2, 0.25) is 0 Å². The highest BCUT2D eigenvalue weighted by atomic mass is 16.5. The van der Waals surface area contributed by atoms with Gasteiger partial charge in [-0.1, -0.05) is 0 Å². The summed E-state index contributed by atoms with van der Waals surface area (Å²) in [5, 5.41) is 3.49. The van der Waals surface area contributed by atoms with E-state index >= 15 is 0 Å². The van der Waals surface area contributed by atoms with E-state index in [9.17, 15) is 0 Å². The van der Waals surface area contributed by atoms with Crippen molar-refractivity contribution in [3.63, 3.8) is 0 Å². The summed E-state index contributed by atoms with van der Waals surface area (Å²) < 4.78 is 10.6. The van der Waals surface area contributed by atoms with Crippen LogP contribution in [-0.2, 0) is 9.47 Å². The van der Waals surface area contributed by atoms with Crippen molar-refractivity contribution in [3.8, 4) is 0 Å². The van der Waals surface area contributed by atoms with Crippen LogP contribution in [0, 0.1) is 0 Å². The van der Waals surface area contributed by atoms with Crippen molar-refractivity contribution in [2.24, 2.45) is 0 Å². The summed E-state index contributed by atoms with van der Waals surface area (Å²) in [5.41, 5.74) is 0. The van der Waals surface area contributed by atoms with Crippen LogP contribution >= 0.6 is 0 Å². The zero-order chi connectivity index (χ0) is 10.1. The highest BCUT2D eigenvalue weighted by Gasteiger charge is 2.12. The molecule has 1 rings (SSSR count). The Kier molecular flexibility index (Phi) is 7.01. The topological polar surface area (TPSA) is 30.5 Å². The van der Waals surface area contributed by atoms with E-state index in [0.717, 1.165) is 32.5 Å². The SMILES string of the molecule is CCOCCOCCCC1CCCN1. The first-order valence-corrected chi connectivity index (χ1v) is 5.82. The molecule has 3 nitrogen and oxygen atoms in total. The molecule has 0 radical (unpaired) electrons. The van der Waals surface area contributed by atoms with Crippen LogP contribution in [0.4, 0.5) is 0 Å². The van der Waals surface area contributed by atoms with Gasteiger partial charge in [-0.2, -0.15) is 0 Å². The molecule has 0 amide bonds. The smallest absolute Gasteiger partial charge is 0.0700 e. The maximum absolute atomic E-state index is 5.44. The molecule has 1 saturated heterocycles. The summed E-state index contributed by atoms with van der Waals surface area (Å²) in [6.45, 7) is 6.35. The van der Waals surface area contributed by atoms with E-state index in [-0.39, 0.29) is 0 Å². The maximum atomic E-state index is 5.44. The second-order valence-electron chi connectivity index (χ2n) is 3.74. The molecule has 0 aromatic heterocycles. The van der Waals surface area contributed by atoms with Gasteiger partial charge in [-0.3, -0.25) is 0 Å². The van der Waals surface area contributed by atoms with E-state index in [0.29, 0.717) is 0 Å². The van der Waals surface area contributed by atoms with Gasteiger partial charge >= 0.3 is 0 Å². The lowest BCUT2D eigenvalue weighted by Gasteiger charge is -2.09. The highest BCUT2D eigenvalue weighted by Crippen LogP contribution is 2.10. The standard InChI is InChI=1S/C11H23NO2/c1-2-13-9-10-14-8-4-6-11-5-3-7-12-11/h11-12H,2-10H2,1H3. The van der Waals surface area contributed by atoms with Crippen molar-refractivity contribution >= 4 is 0 Å².